The first-order valence-corrected chi connectivity index (χ1v) is 8.06. The summed E-state index contributed by atoms with van der Waals surface area (Å²) in [6.45, 7) is 7.50. The number of nitrogens with zero attached hydrogens (tertiary/aromatic N) is 3. The van der Waals surface area contributed by atoms with E-state index in [0.717, 1.165) is 13.1 Å². The normalized spacial score (nSPS) is 17.8. The molecule has 20 heavy (non-hydrogen) atoms. The zero-order valence-electron chi connectivity index (χ0n) is 12.1. The topological polar surface area (TPSA) is 75.9 Å². The molecule has 0 atom stereocenters. The van der Waals surface area contributed by atoms with E-state index in [1.54, 1.807) is 20.9 Å². The second-order valence-electron chi connectivity index (χ2n) is 4.93. The summed E-state index contributed by atoms with van der Waals surface area (Å²) in [6.07, 6.45) is 0. The Kier molecular flexibility index (Phi) is 4.79. The first kappa shape index (κ1) is 15.4. The van der Waals surface area contributed by atoms with Crippen molar-refractivity contribution in [1.82, 2.24) is 14.4 Å². The van der Waals surface area contributed by atoms with Crippen molar-refractivity contribution in [3.63, 3.8) is 0 Å². The Labute approximate surface area is 119 Å². The lowest BCUT2D eigenvalue weighted by Gasteiger charge is -2.28. The smallest absolute Gasteiger partial charge is 0.248 e. The summed E-state index contributed by atoms with van der Waals surface area (Å²) in [6, 6.07) is 0. The minimum atomic E-state index is -3.54. The van der Waals surface area contributed by atoms with Crippen molar-refractivity contribution < 1.29 is 17.7 Å². The van der Waals surface area contributed by atoms with E-state index in [-0.39, 0.29) is 4.90 Å². The average molecular weight is 303 g/mol. The van der Waals surface area contributed by atoms with Gasteiger partial charge < -0.3 is 9.26 Å². The van der Waals surface area contributed by atoms with Gasteiger partial charge in [0.05, 0.1) is 13.2 Å². The average Bonchev–Trinajstić information content (AvgIpc) is 2.77. The SMILES string of the molecule is Cc1noc(C)c1S(=O)(=O)N(C)CCN1CCOCC1. The van der Waals surface area contributed by atoms with Gasteiger partial charge in [-0.15, -0.1) is 0 Å². The Morgan fingerprint density at radius 2 is 1.95 bits per heavy atom. The molecule has 1 aromatic rings. The van der Waals surface area contributed by atoms with E-state index in [9.17, 15) is 8.42 Å². The molecule has 1 aliphatic rings. The number of ether oxygens (including phenoxy) is 1. The highest BCUT2D eigenvalue weighted by atomic mass is 32.2. The molecule has 0 radical (unpaired) electrons. The van der Waals surface area contributed by atoms with Crippen LogP contribution in [0.1, 0.15) is 11.5 Å². The van der Waals surface area contributed by atoms with Crippen LogP contribution < -0.4 is 0 Å². The van der Waals surface area contributed by atoms with E-state index >= 15 is 0 Å². The Bertz CT molecular complexity index is 530. The molecule has 2 rings (SSSR count). The molecule has 2 heterocycles. The molecule has 1 saturated heterocycles. The van der Waals surface area contributed by atoms with Crippen LogP contribution in [0, 0.1) is 13.8 Å². The minimum Gasteiger partial charge on any atom is -0.379 e. The van der Waals surface area contributed by atoms with Crippen LogP contribution in [-0.4, -0.2) is 69.2 Å². The summed E-state index contributed by atoms with van der Waals surface area (Å²) in [4.78, 5) is 2.38. The molecule has 0 N–H and O–H groups in total. The highest BCUT2D eigenvalue weighted by Crippen LogP contribution is 2.22. The number of sulfonamides is 1. The zero-order chi connectivity index (χ0) is 14.8. The summed E-state index contributed by atoms with van der Waals surface area (Å²) in [5.41, 5.74) is 0.403. The molecular weight excluding hydrogens is 282 g/mol. The molecule has 7 nitrogen and oxygen atoms in total. The predicted octanol–water partition coefficient (Wildman–Crippen LogP) is 0.244. The summed E-state index contributed by atoms with van der Waals surface area (Å²) in [5.74, 6) is 0.334. The van der Waals surface area contributed by atoms with Crippen LogP contribution >= 0.6 is 0 Å². The fourth-order valence-corrected chi connectivity index (χ4v) is 3.67. The van der Waals surface area contributed by atoms with Crippen molar-refractivity contribution in [3.05, 3.63) is 11.5 Å². The van der Waals surface area contributed by atoms with E-state index in [0.29, 0.717) is 37.8 Å². The number of hydrogen-bond donors (Lipinski definition) is 0. The molecule has 0 amide bonds. The molecule has 1 aromatic heterocycles. The molecule has 0 aromatic carbocycles. The van der Waals surface area contributed by atoms with E-state index in [1.807, 2.05) is 0 Å². The van der Waals surface area contributed by atoms with Crippen molar-refractivity contribution in [1.29, 1.82) is 0 Å². The number of likely N-dealkylation sites (N-methyl/N-ethyl adjacent to an activating group) is 1. The Morgan fingerprint density at radius 1 is 1.30 bits per heavy atom. The van der Waals surface area contributed by atoms with Crippen molar-refractivity contribution in [2.75, 3.05) is 46.4 Å². The third-order valence-corrected chi connectivity index (χ3v) is 5.57. The number of aryl methyl sites for hydroxylation is 2. The van der Waals surface area contributed by atoms with E-state index in [1.165, 1.54) is 4.31 Å². The third-order valence-electron chi connectivity index (χ3n) is 3.47. The highest BCUT2D eigenvalue weighted by Gasteiger charge is 2.28. The molecule has 0 saturated carbocycles. The molecular formula is C12H21N3O4S. The fraction of sp³-hybridized carbons (Fsp3) is 0.750. The van der Waals surface area contributed by atoms with Crippen LogP contribution in [0.2, 0.25) is 0 Å². The van der Waals surface area contributed by atoms with E-state index in [2.05, 4.69) is 10.1 Å². The molecule has 0 spiro atoms. The van der Waals surface area contributed by atoms with Crippen LogP contribution in [0.25, 0.3) is 0 Å². The van der Waals surface area contributed by atoms with Gasteiger partial charge in [-0.3, -0.25) is 4.90 Å². The van der Waals surface area contributed by atoms with Crippen LogP contribution in [0.4, 0.5) is 0 Å². The Morgan fingerprint density at radius 3 is 2.50 bits per heavy atom. The van der Waals surface area contributed by atoms with Gasteiger partial charge in [-0.05, 0) is 13.8 Å². The molecule has 114 valence electrons. The quantitative estimate of drug-likeness (QED) is 0.776. The van der Waals surface area contributed by atoms with Crippen molar-refractivity contribution >= 4 is 10.0 Å². The third kappa shape index (κ3) is 3.20. The van der Waals surface area contributed by atoms with Crippen molar-refractivity contribution in [2.45, 2.75) is 18.7 Å². The molecule has 0 unspecified atom stereocenters. The van der Waals surface area contributed by atoms with Gasteiger partial charge in [0.15, 0.2) is 5.76 Å². The fourth-order valence-electron chi connectivity index (χ4n) is 2.23. The first-order chi connectivity index (χ1) is 9.43. The Balaban J connectivity index is 2.02. The van der Waals surface area contributed by atoms with Gasteiger partial charge in [0, 0.05) is 33.2 Å². The predicted molar refractivity (Wildman–Crippen MR) is 73.1 cm³/mol. The lowest BCUT2D eigenvalue weighted by Crippen LogP contribution is -2.42. The second-order valence-corrected chi connectivity index (χ2v) is 6.92. The van der Waals surface area contributed by atoms with Crippen LogP contribution in [0.15, 0.2) is 9.42 Å². The molecule has 8 heteroatoms. The van der Waals surface area contributed by atoms with Gasteiger partial charge in [0.1, 0.15) is 10.6 Å². The number of aromatic nitrogens is 1. The summed E-state index contributed by atoms with van der Waals surface area (Å²) in [5, 5.41) is 3.71. The summed E-state index contributed by atoms with van der Waals surface area (Å²) < 4.78 is 36.6. The van der Waals surface area contributed by atoms with Crippen LogP contribution in [-0.2, 0) is 14.8 Å². The molecule has 0 aliphatic carbocycles. The van der Waals surface area contributed by atoms with E-state index in [4.69, 9.17) is 9.26 Å². The van der Waals surface area contributed by atoms with E-state index < -0.39 is 10.0 Å². The van der Waals surface area contributed by atoms with Gasteiger partial charge in [-0.2, -0.15) is 4.31 Å². The van der Waals surface area contributed by atoms with Gasteiger partial charge >= 0.3 is 0 Å². The minimum absolute atomic E-state index is 0.182. The lowest BCUT2D eigenvalue weighted by molar-refractivity contribution is 0.0368. The summed E-state index contributed by atoms with van der Waals surface area (Å²) in [7, 11) is -1.95. The van der Waals surface area contributed by atoms with Gasteiger partial charge in [-0.25, -0.2) is 8.42 Å². The number of morpholine rings is 1. The number of rotatable bonds is 5. The van der Waals surface area contributed by atoms with Crippen LogP contribution in [0.3, 0.4) is 0 Å². The van der Waals surface area contributed by atoms with Crippen molar-refractivity contribution in [3.8, 4) is 0 Å². The monoisotopic (exact) mass is 303 g/mol. The van der Waals surface area contributed by atoms with Crippen molar-refractivity contribution in [2.24, 2.45) is 0 Å². The molecule has 1 aliphatic heterocycles. The highest BCUT2D eigenvalue weighted by molar-refractivity contribution is 7.89. The molecule has 1 fully saturated rings. The maximum absolute atomic E-state index is 12.5. The number of hydrogen-bond acceptors (Lipinski definition) is 6. The molecule has 0 bridgehead atoms. The zero-order valence-corrected chi connectivity index (χ0v) is 12.9. The Hall–Kier alpha value is -0.960. The lowest BCUT2D eigenvalue weighted by atomic mass is 10.4. The van der Waals surface area contributed by atoms with Gasteiger partial charge in [-0.1, -0.05) is 5.16 Å². The maximum atomic E-state index is 12.5. The van der Waals surface area contributed by atoms with Gasteiger partial charge in [0.25, 0.3) is 0 Å². The maximum Gasteiger partial charge on any atom is 0.248 e. The first-order valence-electron chi connectivity index (χ1n) is 6.62. The van der Waals surface area contributed by atoms with Crippen LogP contribution in [0.5, 0.6) is 0 Å². The van der Waals surface area contributed by atoms with Gasteiger partial charge in [0.2, 0.25) is 10.0 Å². The largest absolute Gasteiger partial charge is 0.379 e. The standard InChI is InChI=1S/C12H21N3O4S/c1-10-12(11(2)19-13-10)20(16,17)14(3)4-5-15-6-8-18-9-7-15/h4-9H2,1-3H3. The summed E-state index contributed by atoms with van der Waals surface area (Å²) >= 11 is 0. The second kappa shape index (κ2) is 6.21.